The van der Waals surface area contributed by atoms with Crippen molar-refractivity contribution in [2.45, 2.75) is 33.2 Å². The summed E-state index contributed by atoms with van der Waals surface area (Å²) < 4.78 is 13.0. The second-order valence-corrected chi connectivity index (χ2v) is 8.51. The van der Waals surface area contributed by atoms with Gasteiger partial charge in [-0.05, 0) is 66.4 Å². The molecule has 178 valence electrons. The maximum Gasteiger partial charge on any atom is 0.180 e. The number of hydrogen-bond acceptors (Lipinski definition) is 3. The van der Waals surface area contributed by atoms with Gasteiger partial charge in [0, 0.05) is 36.7 Å². The van der Waals surface area contributed by atoms with Crippen LogP contribution in [0.3, 0.4) is 0 Å². The molecule has 0 saturated heterocycles. The average molecular weight is 521 g/mol. The quantitative estimate of drug-likeness (QED) is 0.494. The molecule has 0 bridgehead atoms. The van der Waals surface area contributed by atoms with Crippen LogP contribution in [0.25, 0.3) is 0 Å². The van der Waals surface area contributed by atoms with Crippen LogP contribution in [0.15, 0.2) is 71.7 Å². The molecule has 0 amide bonds. The summed E-state index contributed by atoms with van der Waals surface area (Å²) in [6.07, 6.45) is 2.11. The fraction of sp³-hybridized carbons (Fsp3) is 0.310. The first-order valence-electron chi connectivity index (χ1n) is 11.6. The van der Waals surface area contributed by atoms with E-state index in [4.69, 9.17) is 9.47 Å². The fourth-order valence-electron chi connectivity index (χ4n) is 4.54. The number of fused-ring (bicyclic) bond motifs is 2. The van der Waals surface area contributed by atoms with Crippen LogP contribution in [0.1, 0.15) is 41.7 Å². The van der Waals surface area contributed by atoms with E-state index in [1.165, 1.54) is 33.5 Å². The fourth-order valence-corrected chi connectivity index (χ4v) is 4.54. The van der Waals surface area contributed by atoms with Crippen LogP contribution in [0, 0.1) is 0 Å². The monoisotopic (exact) mass is 520 g/mol. The van der Waals surface area contributed by atoms with Crippen molar-refractivity contribution < 1.29 is 31.0 Å². The van der Waals surface area contributed by atoms with Gasteiger partial charge >= 0.3 is 0 Å². The van der Waals surface area contributed by atoms with Crippen molar-refractivity contribution in [3.8, 4) is 11.5 Å². The van der Waals surface area contributed by atoms with Crippen LogP contribution in [0.2, 0.25) is 0 Å². The highest BCUT2D eigenvalue weighted by Gasteiger charge is 2.22. The summed E-state index contributed by atoms with van der Waals surface area (Å²) in [6, 6.07) is 23.2. The van der Waals surface area contributed by atoms with E-state index in [1.807, 2.05) is 12.1 Å². The third-order valence-corrected chi connectivity index (χ3v) is 6.48. The number of hydrogen-bond donors (Lipinski definition) is 0. The molecule has 0 aliphatic carbocycles. The summed E-state index contributed by atoms with van der Waals surface area (Å²) >= 11 is 0. The van der Waals surface area contributed by atoms with E-state index in [0.717, 1.165) is 49.7 Å². The number of rotatable bonds is 4. The van der Waals surface area contributed by atoms with Gasteiger partial charge in [-0.2, -0.15) is 0 Å². The van der Waals surface area contributed by atoms with Crippen LogP contribution in [0.4, 0.5) is 0 Å². The summed E-state index contributed by atoms with van der Waals surface area (Å²) in [5, 5.41) is 0. The Kier molecular flexibility index (Phi) is 9.05. The smallest absolute Gasteiger partial charge is 0.180 e. The Bertz CT molecular complexity index is 1190. The number of methoxy groups -OCH3 is 2. The Labute approximate surface area is 213 Å². The zero-order valence-electron chi connectivity index (χ0n) is 20.5. The molecular formula is C29H33BrN2O2. The molecule has 0 aromatic heterocycles. The number of halogens is 1. The normalized spacial score (nSPS) is 13.9. The van der Waals surface area contributed by atoms with Crippen molar-refractivity contribution >= 4 is 11.4 Å². The molecule has 0 saturated carbocycles. The van der Waals surface area contributed by atoms with E-state index in [-0.39, 0.29) is 17.0 Å². The third-order valence-electron chi connectivity index (χ3n) is 6.48. The lowest BCUT2D eigenvalue weighted by molar-refractivity contribution is -0.545. The molecule has 2 aliphatic heterocycles. The summed E-state index contributed by atoms with van der Waals surface area (Å²) in [5.74, 6) is 1.89. The largest absolute Gasteiger partial charge is 1.00 e. The molecule has 2 heterocycles. The van der Waals surface area contributed by atoms with Crippen molar-refractivity contribution in [1.29, 1.82) is 0 Å². The summed E-state index contributed by atoms with van der Waals surface area (Å²) in [5.41, 5.74) is 9.24. The molecule has 0 unspecified atom stereocenters. The summed E-state index contributed by atoms with van der Waals surface area (Å²) in [6.45, 7) is 7.24. The van der Waals surface area contributed by atoms with Gasteiger partial charge in [-0.1, -0.05) is 30.3 Å². The van der Waals surface area contributed by atoms with Gasteiger partial charge in [0.25, 0.3) is 0 Å². The van der Waals surface area contributed by atoms with Gasteiger partial charge in [-0.3, -0.25) is 4.99 Å². The van der Waals surface area contributed by atoms with Crippen LogP contribution in [-0.4, -0.2) is 43.3 Å². The molecule has 3 aromatic rings. The molecule has 3 aromatic carbocycles. The zero-order valence-corrected chi connectivity index (χ0v) is 22.1. The lowest BCUT2D eigenvalue weighted by Crippen LogP contribution is -3.00. The highest BCUT2D eigenvalue weighted by molar-refractivity contribution is 6.00. The standard InChI is InChI=1S/C18H20NO.C11H13NO.BrH/c1-14-18-9-8-17(20-2)12-16(18)10-11-19(14)13-15-6-4-3-5-7-15;1-8-11-4-3-10(13-2)7-9(11)5-6-12-8;/h3-9,12H,10-11,13H2,1-2H3;3-4,7H,5-6H2,1-2H3;1H/q+1;;/p-1. The van der Waals surface area contributed by atoms with E-state index in [0.29, 0.717) is 0 Å². The highest BCUT2D eigenvalue weighted by Crippen LogP contribution is 2.23. The van der Waals surface area contributed by atoms with Gasteiger partial charge in [-0.25, -0.2) is 4.58 Å². The number of aliphatic imine (C=N–C) groups is 1. The predicted octanol–water partition coefficient (Wildman–Crippen LogP) is 2.34. The average Bonchev–Trinajstić information content (AvgIpc) is 2.86. The molecular weight excluding hydrogens is 488 g/mol. The SMILES string of the molecule is COc1ccc2c(c1)CCN=C2C.COc1ccc2c(c1)CC[N+](Cc1ccccc1)=C2C.[Br-]. The Morgan fingerprint density at radius 2 is 1.41 bits per heavy atom. The third kappa shape index (κ3) is 5.95. The highest BCUT2D eigenvalue weighted by atomic mass is 79.9. The molecule has 0 spiro atoms. The van der Waals surface area contributed by atoms with Gasteiger partial charge in [0.05, 0.1) is 14.2 Å². The Morgan fingerprint density at radius 3 is 2.06 bits per heavy atom. The van der Waals surface area contributed by atoms with E-state index >= 15 is 0 Å². The lowest BCUT2D eigenvalue weighted by Gasteiger charge is -2.17. The Balaban J connectivity index is 0.000000201. The second-order valence-electron chi connectivity index (χ2n) is 8.51. The van der Waals surface area contributed by atoms with Crippen molar-refractivity contribution in [3.05, 3.63) is 94.5 Å². The maximum atomic E-state index is 5.32. The minimum atomic E-state index is 0. The Hall–Kier alpha value is -2.92. The van der Waals surface area contributed by atoms with Crippen molar-refractivity contribution in [3.63, 3.8) is 0 Å². The van der Waals surface area contributed by atoms with E-state index in [9.17, 15) is 0 Å². The predicted molar refractivity (Wildman–Crippen MR) is 136 cm³/mol. The molecule has 34 heavy (non-hydrogen) atoms. The van der Waals surface area contributed by atoms with Gasteiger partial charge in [0.15, 0.2) is 12.3 Å². The van der Waals surface area contributed by atoms with Crippen LogP contribution < -0.4 is 26.5 Å². The molecule has 2 aliphatic rings. The van der Waals surface area contributed by atoms with Gasteiger partial charge < -0.3 is 26.5 Å². The summed E-state index contributed by atoms with van der Waals surface area (Å²) in [7, 11) is 3.42. The van der Waals surface area contributed by atoms with Crippen molar-refractivity contribution in [2.75, 3.05) is 27.3 Å². The first kappa shape index (κ1) is 25.7. The van der Waals surface area contributed by atoms with Crippen LogP contribution >= 0.6 is 0 Å². The first-order chi connectivity index (χ1) is 16.1. The molecule has 0 N–H and O–H groups in total. The molecule has 5 heteroatoms. The first-order valence-corrected chi connectivity index (χ1v) is 11.6. The number of ether oxygens (including phenoxy) is 2. The molecule has 0 fully saturated rings. The topological polar surface area (TPSA) is 33.8 Å². The number of nitrogens with zero attached hydrogens (tertiary/aromatic N) is 2. The molecule has 0 atom stereocenters. The minimum Gasteiger partial charge on any atom is -1.00 e. The minimum absolute atomic E-state index is 0. The lowest BCUT2D eigenvalue weighted by atomic mass is 9.97. The van der Waals surface area contributed by atoms with E-state index in [2.05, 4.69) is 78.0 Å². The summed E-state index contributed by atoms with van der Waals surface area (Å²) in [4.78, 5) is 4.40. The molecule has 0 radical (unpaired) electrons. The molecule has 5 rings (SSSR count). The van der Waals surface area contributed by atoms with E-state index in [1.54, 1.807) is 14.2 Å². The number of benzene rings is 3. The van der Waals surface area contributed by atoms with Gasteiger partial charge in [-0.15, -0.1) is 0 Å². The van der Waals surface area contributed by atoms with Gasteiger partial charge in [0.2, 0.25) is 0 Å². The molecule has 4 nitrogen and oxygen atoms in total. The van der Waals surface area contributed by atoms with Gasteiger partial charge in [0.1, 0.15) is 18.0 Å². The Morgan fingerprint density at radius 1 is 0.794 bits per heavy atom. The van der Waals surface area contributed by atoms with Crippen LogP contribution in [0.5, 0.6) is 11.5 Å². The zero-order chi connectivity index (χ0) is 23.2. The maximum absolute atomic E-state index is 5.32. The van der Waals surface area contributed by atoms with Crippen molar-refractivity contribution in [1.82, 2.24) is 0 Å². The van der Waals surface area contributed by atoms with E-state index < -0.39 is 0 Å². The van der Waals surface area contributed by atoms with Crippen molar-refractivity contribution in [2.24, 2.45) is 4.99 Å². The van der Waals surface area contributed by atoms with Crippen LogP contribution in [-0.2, 0) is 19.4 Å². The second kappa shape index (κ2) is 12.0.